The molecule has 21 heavy (non-hydrogen) atoms. The van der Waals surface area contributed by atoms with E-state index in [1.54, 1.807) is 31.4 Å². The van der Waals surface area contributed by atoms with Crippen LogP contribution in [0.4, 0.5) is 17.1 Å². The molecule has 0 aliphatic rings. The van der Waals surface area contributed by atoms with Gasteiger partial charge in [0.15, 0.2) is 0 Å². The van der Waals surface area contributed by atoms with E-state index in [4.69, 9.17) is 10.5 Å². The number of anilines is 3. The first kappa shape index (κ1) is 14.7. The molecule has 3 N–H and O–H groups in total. The summed E-state index contributed by atoms with van der Waals surface area (Å²) in [5.74, 6) is 0.670. The van der Waals surface area contributed by atoms with Crippen molar-refractivity contribution in [2.75, 3.05) is 36.7 Å². The van der Waals surface area contributed by atoms with E-state index in [0.717, 1.165) is 17.1 Å². The van der Waals surface area contributed by atoms with Crippen molar-refractivity contribution in [1.29, 1.82) is 0 Å². The predicted octanol–water partition coefficient (Wildman–Crippen LogP) is 2.35. The van der Waals surface area contributed by atoms with Crippen LogP contribution in [0.15, 0.2) is 48.5 Å². The number of methoxy groups -OCH3 is 1. The molecule has 2 rings (SSSR count). The molecule has 2 aromatic rings. The van der Waals surface area contributed by atoms with Crippen molar-refractivity contribution < 1.29 is 9.53 Å². The lowest BCUT2D eigenvalue weighted by Crippen LogP contribution is -2.30. The molecule has 0 spiro atoms. The number of carbonyl (C=O) groups is 1. The molecule has 5 heteroatoms. The largest absolute Gasteiger partial charge is 0.497 e. The quantitative estimate of drug-likeness (QED) is 0.828. The highest BCUT2D eigenvalue weighted by atomic mass is 16.5. The van der Waals surface area contributed by atoms with Gasteiger partial charge >= 0.3 is 0 Å². The average molecular weight is 285 g/mol. The summed E-state index contributed by atoms with van der Waals surface area (Å²) < 4.78 is 5.18. The second-order valence-corrected chi connectivity index (χ2v) is 4.73. The van der Waals surface area contributed by atoms with Crippen LogP contribution in [0.5, 0.6) is 5.75 Å². The summed E-state index contributed by atoms with van der Waals surface area (Å²) in [6.07, 6.45) is 0. The van der Waals surface area contributed by atoms with Gasteiger partial charge in [-0.1, -0.05) is 6.07 Å². The molecular formula is C16H19N3O2. The molecule has 0 saturated heterocycles. The highest BCUT2D eigenvalue weighted by molar-refractivity contribution is 5.94. The Morgan fingerprint density at radius 3 is 2.62 bits per heavy atom. The fraction of sp³-hybridized carbons (Fsp3) is 0.188. The van der Waals surface area contributed by atoms with Gasteiger partial charge in [0.1, 0.15) is 5.75 Å². The molecule has 0 aliphatic heterocycles. The third-order valence-corrected chi connectivity index (χ3v) is 3.07. The zero-order valence-corrected chi connectivity index (χ0v) is 12.2. The molecule has 0 fully saturated rings. The van der Waals surface area contributed by atoms with Crippen molar-refractivity contribution in [2.24, 2.45) is 0 Å². The second kappa shape index (κ2) is 6.65. The number of likely N-dealkylation sites (N-methyl/N-ethyl adjacent to an activating group) is 1. The first-order valence-corrected chi connectivity index (χ1v) is 6.59. The molecule has 0 aromatic heterocycles. The van der Waals surface area contributed by atoms with Gasteiger partial charge in [-0.15, -0.1) is 0 Å². The van der Waals surface area contributed by atoms with Gasteiger partial charge in [0, 0.05) is 30.2 Å². The second-order valence-electron chi connectivity index (χ2n) is 4.73. The maximum Gasteiger partial charge on any atom is 0.243 e. The fourth-order valence-electron chi connectivity index (χ4n) is 1.92. The van der Waals surface area contributed by atoms with E-state index in [1.807, 2.05) is 36.2 Å². The molecule has 0 bridgehead atoms. The van der Waals surface area contributed by atoms with E-state index in [2.05, 4.69) is 5.32 Å². The summed E-state index contributed by atoms with van der Waals surface area (Å²) in [6, 6.07) is 14.6. The Morgan fingerprint density at radius 2 is 1.95 bits per heavy atom. The standard InChI is InChI=1S/C16H19N3O2/c1-19(14-4-3-5-15(10-14)21-2)11-16(20)18-13-8-6-12(17)7-9-13/h3-10H,11,17H2,1-2H3,(H,18,20). The number of nitrogens with one attached hydrogen (secondary N) is 1. The van der Waals surface area contributed by atoms with Gasteiger partial charge in [0.05, 0.1) is 13.7 Å². The summed E-state index contributed by atoms with van der Waals surface area (Å²) >= 11 is 0. The fourth-order valence-corrected chi connectivity index (χ4v) is 1.92. The molecule has 0 unspecified atom stereocenters. The molecule has 0 heterocycles. The summed E-state index contributed by atoms with van der Waals surface area (Å²) in [7, 11) is 3.48. The summed E-state index contributed by atoms with van der Waals surface area (Å²) in [4.78, 5) is 13.9. The van der Waals surface area contributed by atoms with E-state index in [9.17, 15) is 4.79 Å². The molecular weight excluding hydrogens is 266 g/mol. The van der Waals surface area contributed by atoms with Crippen LogP contribution in [0.1, 0.15) is 0 Å². The maximum atomic E-state index is 12.0. The topological polar surface area (TPSA) is 67.6 Å². The van der Waals surface area contributed by atoms with E-state index in [-0.39, 0.29) is 12.5 Å². The molecule has 0 radical (unpaired) electrons. The number of carbonyl (C=O) groups excluding carboxylic acids is 1. The van der Waals surface area contributed by atoms with Gasteiger partial charge in [-0.05, 0) is 36.4 Å². The zero-order chi connectivity index (χ0) is 15.2. The van der Waals surface area contributed by atoms with E-state index >= 15 is 0 Å². The Morgan fingerprint density at radius 1 is 1.24 bits per heavy atom. The monoisotopic (exact) mass is 285 g/mol. The molecule has 2 aromatic carbocycles. The number of nitrogen functional groups attached to an aromatic ring is 1. The van der Waals surface area contributed by atoms with Gasteiger partial charge in [-0.2, -0.15) is 0 Å². The summed E-state index contributed by atoms with van der Waals surface area (Å²) in [6.45, 7) is 0.248. The van der Waals surface area contributed by atoms with Gasteiger partial charge in [-0.25, -0.2) is 0 Å². The van der Waals surface area contributed by atoms with Crippen molar-refractivity contribution in [1.82, 2.24) is 0 Å². The maximum absolute atomic E-state index is 12.0. The minimum absolute atomic E-state index is 0.0925. The van der Waals surface area contributed by atoms with Crippen LogP contribution in [0.25, 0.3) is 0 Å². The Labute approximate surface area is 124 Å². The van der Waals surface area contributed by atoms with Crippen molar-refractivity contribution in [3.8, 4) is 5.75 Å². The number of amides is 1. The SMILES string of the molecule is COc1cccc(N(C)CC(=O)Nc2ccc(N)cc2)c1. The molecule has 0 atom stereocenters. The lowest BCUT2D eigenvalue weighted by molar-refractivity contribution is -0.114. The number of benzene rings is 2. The number of hydrogen-bond donors (Lipinski definition) is 2. The molecule has 5 nitrogen and oxygen atoms in total. The van der Waals surface area contributed by atoms with Crippen LogP contribution < -0.4 is 20.7 Å². The van der Waals surface area contributed by atoms with E-state index < -0.39 is 0 Å². The normalized spacial score (nSPS) is 10.0. The van der Waals surface area contributed by atoms with Gasteiger partial charge in [0.2, 0.25) is 5.91 Å². The van der Waals surface area contributed by atoms with Crippen LogP contribution in [-0.2, 0) is 4.79 Å². The minimum atomic E-state index is -0.0925. The Hall–Kier alpha value is -2.69. The first-order chi connectivity index (χ1) is 10.1. The van der Waals surface area contributed by atoms with Gasteiger partial charge in [-0.3, -0.25) is 4.79 Å². The number of nitrogens with zero attached hydrogens (tertiary/aromatic N) is 1. The zero-order valence-electron chi connectivity index (χ0n) is 12.2. The average Bonchev–Trinajstić information content (AvgIpc) is 2.49. The van der Waals surface area contributed by atoms with Gasteiger partial charge in [0.25, 0.3) is 0 Å². The highest BCUT2D eigenvalue weighted by Crippen LogP contribution is 2.19. The van der Waals surface area contributed by atoms with E-state index in [1.165, 1.54) is 0 Å². The smallest absolute Gasteiger partial charge is 0.243 e. The molecule has 0 saturated carbocycles. The van der Waals surface area contributed by atoms with E-state index in [0.29, 0.717) is 5.69 Å². The first-order valence-electron chi connectivity index (χ1n) is 6.59. The number of rotatable bonds is 5. The molecule has 1 amide bonds. The van der Waals surface area contributed by atoms with Crippen molar-refractivity contribution >= 4 is 23.0 Å². The van der Waals surface area contributed by atoms with Crippen molar-refractivity contribution in [3.05, 3.63) is 48.5 Å². The Kier molecular flexibility index (Phi) is 4.66. The third kappa shape index (κ3) is 4.14. The van der Waals surface area contributed by atoms with Crippen LogP contribution in [0.2, 0.25) is 0 Å². The van der Waals surface area contributed by atoms with Crippen molar-refractivity contribution in [2.45, 2.75) is 0 Å². The van der Waals surface area contributed by atoms with Crippen LogP contribution in [0.3, 0.4) is 0 Å². The number of hydrogen-bond acceptors (Lipinski definition) is 4. The van der Waals surface area contributed by atoms with Crippen LogP contribution >= 0.6 is 0 Å². The van der Waals surface area contributed by atoms with Crippen LogP contribution in [-0.4, -0.2) is 26.6 Å². The third-order valence-electron chi connectivity index (χ3n) is 3.07. The lowest BCUT2D eigenvalue weighted by Gasteiger charge is -2.19. The summed E-state index contributed by atoms with van der Waals surface area (Å²) in [5.41, 5.74) is 7.93. The Bertz CT molecular complexity index is 611. The predicted molar refractivity (Wildman–Crippen MR) is 85.7 cm³/mol. The highest BCUT2D eigenvalue weighted by Gasteiger charge is 2.08. The summed E-state index contributed by atoms with van der Waals surface area (Å²) in [5, 5.41) is 2.83. The minimum Gasteiger partial charge on any atom is -0.497 e. The van der Waals surface area contributed by atoms with Gasteiger partial charge < -0.3 is 20.7 Å². The van der Waals surface area contributed by atoms with Crippen molar-refractivity contribution in [3.63, 3.8) is 0 Å². The number of ether oxygens (including phenoxy) is 1. The Balaban J connectivity index is 1.96. The number of nitrogens with two attached hydrogens (primary N) is 1. The lowest BCUT2D eigenvalue weighted by atomic mass is 10.2. The molecule has 0 aliphatic carbocycles. The van der Waals surface area contributed by atoms with Crippen LogP contribution in [0, 0.1) is 0 Å². The molecule has 110 valence electrons.